The van der Waals surface area contributed by atoms with Gasteiger partial charge in [0, 0.05) is 0 Å². The molecule has 0 amide bonds. The second-order valence-corrected chi connectivity index (χ2v) is 16.1. The Morgan fingerprint density at radius 1 is 0.441 bits per heavy atom. The van der Waals surface area contributed by atoms with Crippen molar-refractivity contribution in [3.63, 3.8) is 0 Å². The van der Waals surface area contributed by atoms with E-state index in [0.29, 0.717) is 0 Å². The van der Waals surface area contributed by atoms with Crippen molar-refractivity contribution < 1.29 is 113 Å². The van der Waals surface area contributed by atoms with E-state index in [0.717, 1.165) is 42.5 Å². The molecule has 1 heterocycles. The molecule has 0 radical (unpaired) electrons. The van der Waals surface area contributed by atoms with Gasteiger partial charge in [0.25, 0.3) is 0 Å². The predicted octanol–water partition coefficient (Wildman–Crippen LogP) is 11.9. The van der Waals surface area contributed by atoms with Crippen molar-refractivity contribution in [3.05, 3.63) is 90.2 Å². The van der Waals surface area contributed by atoms with Crippen LogP contribution in [0.5, 0.6) is 0 Å². The molecule has 0 unspecified atom stereocenters. The maximum atomic E-state index is 14.9. The van der Waals surface area contributed by atoms with Gasteiger partial charge >= 0.3 is 295 Å². The van der Waals surface area contributed by atoms with Crippen molar-refractivity contribution in [1.29, 1.82) is 0 Å². The summed E-state index contributed by atoms with van der Waals surface area (Å²) < 4.78 is 328. The van der Waals surface area contributed by atoms with E-state index in [-0.39, 0.29) is 16.6 Å². The molecule has 4 aromatic rings. The third-order valence-electron chi connectivity index (χ3n) is 7.98. The molecule has 28 heteroatoms. The summed E-state index contributed by atoms with van der Waals surface area (Å²) in [5, 5.41) is -0.621. The molecule has 0 fully saturated rings. The number of carbonyl (C=O) groups excluding carboxylic acids is 1. The Bertz CT molecular complexity index is 2290. The van der Waals surface area contributed by atoms with E-state index in [9.17, 15) is 111 Å². The molecule has 4 rings (SSSR count). The Kier molecular flexibility index (Phi) is 11.4. The summed E-state index contributed by atoms with van der Waals surface area (Å²) >= 11 is -4.80. The predicted molar refractivity (Wildman–Crippen MR) is 159 cm³/mol. The van der Waals surface area contributed by atoms with Crippen molar-refractivity contribution in [2.75, 3.05) is 0 Å². The quantitative estimate of drug-likeness (QED) is 0.0761. The number of rotatable bonds is 13. The van der Waals surface area contributed by atoms with Crippen LogP contribution >= 0.6 is 20.2 Å². The van der Waals surface area contributed by atoms with Gasteiger partial charge in [-0.05, 0) is 0 Å². The summed E-state index contributed by atoms with van der Waals surface area (Å²) in [6.07, 6.45) is -8.17. The van der Waals surface area contributed by atoms with Crippen LogP contribution in [-0.2, 0) is 7.86 Å². The van der Waals surface area contributed by atoms with Crippen LogP contribution in [0.2, 0.25) is 0 Å². The molecule has 0 aliphatic heterocycles. The molecular formula is C31H12F23IO4. The van der Waals surface area contributed by atoms with E-state index in [1.54, 1.807) is 0 Å². The molecule has 0 N–H and O–H groups in total. The monoisotopic (exact) mass is 1010 g/mol. The number of fused-ring (bicyclic) bond motifs is 2. The Hall–Kier alpha value is -4.28. The van der Waals surface area contributed by atoms with Gasteiger partial charge in [0.1, 0.15) is 0 Å². The van der Waals surface area contributed by atoms with Gasteiger partial charge in [-0.2, -0.15) is 22.0 Å². The number of benzene rings is 3. The number of carbonyl (C=O) groups is 1. The average molecular weight is 1010 g/mol. The van der Waals surface area contributed by atoms with Crippen molar-refractivity contribution in [3.8, 4) is 0 Å². The van der Waals surface area contributed by atoms with Crippen LogP contribution in [0.3, 0.4) is 0 Å². The van der Waals surface area contributed by atoms with Gasteiger partial charge in [0.05, 0.1) is 0 Å². The minimum Gasteiger partial charge on any atom is -0.189 e. The Balaban J connectivity index is 1.79. The fourth-order valence-electron chi connectivity index (χ4n) is 4.63. The molecule has 0 aliphatic rings. The molecule has 0 atom stereocenters. The van der Waals surface area contributed by atoms with E-state index < -0.39 is 110 Å². The number of para-hydroxylation sites is 1. The molecule has 0 aliphatic carbocycles. The van der Waals surface area contributed by atoms with Crippen LogP contribution in [0, 0.1) is 7.14 Å². The summed E-state index contributed by atoms with van der Waals surface area (Å²) in [5.74, 6) is -94.7. The average Bonchev–Trinajstić information content (AvgIpc) is 3.12. The van der Waals surface area contributed by atoms with E-state index >= 15 is 0 Å². The van der Waals surface area contributed by atoms with E-state index in [4.69, 9.17) is 4.42 Å². The molecule has 0 bridgehead atoms. The van der Waals surface area contributed by atoms with Crippen LogP contribution in [0.4, 0.5) is 101 Å². The molecular weight excluding hydrogens is 1000 g/mol. The Morgan fingerprint density at radius 3 is 1.29 bits per heavy atom. The maximum absolute atomic E-state index is 14.9. The number of halogens is 24. The SMILES string of the molecule is O=C(OI(c1ccccc1)c1ccc2oc3ccccc3c(=O)c2c1)C(F)(F)C(F)(F)C(F)(F)C(F)(F)C(F)(F)C(F)(F)C(F)(F)C(F)(F)C(F)(F)C(F)(F)C(F)(F)F. The first-order valence-corrected chi connectivity index (χ1v) is 17.7. The zero-order valence-electron chi connectivity index (χ0n) is 27.1. The standard InChI is InChI=1S/C31H12F23IO4/c32-21(33,20(57)59-55(13-6-2-1-3-7-13)14-10-11-18-16(12-14)19(56)15-8-4-5-9-17(15)58-18)22(34,35)23(36,37)24(38,39)25(40,41)26(42,43)27(44,45)28(46,47)29(48,49)30(50,51)31(52,53)54/h1-12H. The molecule has 4 nitrogen and oxygen atoms in total. The van der Waals surface area contributed by atoms with Crippen LogP contribution in [0.25, 0.3) is 21.9 Å². The molecule has 0 spiro atoms. The Morgan fingerprint density at radius 2 is 0.831 bits per heavy atom. The van der Waals surface area contributed by atoms with Crippen molar-refractivity contribution in [1.82, 2.24) is 0 Å². The summed E-state index contributed by atoms with van der Waals surface area (Å²) in [7, 11) is 0. The fraction of sp³-hybridized carbons (Fsp3) is 0.355. The second-order valence-electron chi connectivity index (χ2n) is 11.7. The van der Waals surface area contributed by atoms with Gasteiger partial charge in [0.15, 0.2) is 0 Å². The van der Waals surface area contributed by atoms with Gasteiger partial charge in [-0.15, -0.1) is 0 Å². The molecule has 0 saturated carbocycles. The van der Waals surface area contributed by atoms with E-state index in [1.807, 2.05) is 0 Å². The normalized spacial score (nSPS) is 15.1. The van der Waals surface area contributed by atoms with E-state index in [2.05, 4.69) is 3.07 Å². The first kappa shape index (κ1) is 47.4. The molecule has 1 aromatic heterocycles. The molecule has 3 aromatic carbocycles. The second kappa shape index (κ2) is 14.2. The molecule has 59 heavy (non-hydrogen) atoms. The number of alkyl halides is 23. The van der Waals surface area contributed by atoms with Gasteiger partial charge in [-0.1, -0.05) is 0 Å². The van der Waals surface area contributed by atoms with Crippen LogP contribution in [0.1, 0.15) is 0 Å². The van der Waals surface area contributed by atoms with Gasteiger partial charge < -0.3 is 0 Å². The summed E-state index contributed by atoms with van der Waals surface area (Å²) in [6.45, 7) is 0. The summed E-state index contributed by atoms with van der Waals surface area (Å²) in [5.41, 5.74) is -1.22. The Labute approximate surface area is 316 Å². The van der Waals surface area contributed by atoms with Crippen LogP contribution < -0.4 is 5.43 Å². The summed E-state index contributed by atoms with van der Waals surface area (Å²) in [6, 6.07) is 12.6. The summed E-state index contributed by atoms with van der Waals surface area (Å²) in [4.78, 5) is 25.6. The topological polar surface area (TPSA) is 56.5 Å². The van der Waals surface area contributed by atoms with Gasteiger partial charge in [-0.25, -0.2) is 0 Å². The smallest absolute Gasteiger partial charge is 0.189 e. The molecule has 0 saturated heterocycles. The van der Waals surface area contributed by atoms with Crippen LogP contribution in [-0.4, -0.2) is 71.4 Å². The first-order chi connectivity index (χ1) is 26.3. The van der Waals surface area contributed by atoms with Crippen molar-refractivity contribution in [2.45, 2.75) is 65.4 Å². The zero-order valence-corrected chi connectivity index (χ0v) is 29.3. The van der Waals surface area contributed by atoms with Crippen molar-refractivity contribution >= 4 is 48.1 Å². The minimum absolute atomic E-state index is 0.0380. The van der Waals surface area contributed by atoms with Crippen LogP contribution in [0.15, 0.2) is 82.0 Å². The van der Waals surface area contributed by atoms with E-state index in [1.165, 1.54) is 30.3 Å². The number of hydrogen-bond acceptors (Lipinski definition) is 4. The zero-order chi connectivity index (χ0) is 45.6. The number of hydrogen-bond donors (Lipinski definition) is 0. The third-order valence-corrected chi connectivity index (χ3v) is 12.5. The fourth-order valence-corrected chi connectivity index (χ4v) is 8.70. The minimum atomic E-state index is -9.58. The van der Waals surface area contributed by atoms with Gasteiger partial charge in [0.2, 0.25) is 0 Å². The van der Waals surface area contributed by atoms with Gasteiger partial charge in [-0.3, -0.25) is 0 Å². The third kappa shape index (κ3) is 6.59. The first-order valence-electron chi connectivity index (χ1n) is 14.6. The van der Waals surface area contributed by atoms with Crippen molar-refractivity contribution in [2.24, 2.45) is 0 Å². The molecule has 328 valence electrons.